The lowest BCUT2D eigenvalue weighted by Gasteiger charge is -2.31. The van der Waals surface area contributed by atoms with Gasteiger partial charge in [-0.15, -0.1) is 0 Å². The summed E-state index contributed by atoms with van der Waals surface area (Å²) >= 11 is 12.2. The monoisotopic (exact) mass is 573 g/mol. The zero-order chi connectivity index (χ0) is 27.4. The molecule has 0 spiro atoms. The molecule has 0 aliphatic carbocycles. The molecule has 1 unspecified atom stereocenters. The quantitative estimate of drug-likeness (QED) is 0.418. The second-order valence-corrected chi connectivity index (χ2v) is 11.4. The summed E-state index contributed by atoms with van der Waals surface area (Å²) in [7, 11) is -2.59. The molecule has 0 bridgehead atoms. The van der Waals surface area contributed by atoms with E-state index in [4.69, 9.17) is 23.2 Å². The fourth-order valence-electron chi connectivity index (χ4n) is 4.35. The fourth-order valence-corrected chi connectivity index (χ4v) is 6.24. The molecule has 1 N–H and O–H groups in total. The molecule has 8 nitrogen and oxygen atoms in total. The van der Waals surface area contributed by atoms with Gasteiger partial charge in [0, 0.05) is 33.0 Å². The van der Waals surface area contributed by atoms with Gasteiger partial charge in [0.15, 0.2) is 0 Å². The molecular formula is C27H25Cl2N3O5S. The van der Waals surface area contributed by atoms with Crippen LogP contribution in [0.3, 0.4) is 0 Å². The molecule has 1 aliphatic heterocycles. The molecule has 1 atom stereocenters. The van der Waals surface area contributed by atoms with Gasteiger partial charge in [0.05, 0.1) is 15.6 Å². The SMILES string of the molecule is CNC(=O)C(Cc1ccccc1)N(Cc1ccc(Cl)c(Cl)c1)C(=O)CCN1C(=O)c2ccccc2S1(=O)=O. The normalized spacial score (nSPS) is 14.6. The number of carbonyl (C=O) groups is 3. The fraction of sp³-hybridized carbons (Fsp3) is 0.222. The second kappa shape index (κ2) is 11.6. The predicted octanol–water partition coefficient (Wildman–Crippen LogP) is 3.91. The van der Waals surface area contributed by atoms with Gasteiger partial charge < -0.3 is 10.2 Å². The molecule has 1 heterocycles. The Hall–Kier alpha value is -3.40. The molecule has 0 saturated carbocycles. The summed E-state index contributed by atoms with van der Waals surface area (Å²) in [4.78, 5) is 40.8. The molecule has 38 heavy (non-hydrogen) atoms. The molecule has 3 amide bonds. The zero-order valence-corrected chi connectivity index (χ0v) is 22.8. The Kier molecular flexibility index (Phi) is 8.40. The Morgan fingerprint density at radius 2 is 1.63 bits per heavy atom. The van der Waals surface area contributed by atoms with Gasteiger partial charge in [-0.25, -0.2) is 12.7 Å². The molecule has 4 rings (SSSR count). The van der Waals surface area contributed by atoms with Crippen molar-refractivity contribution in [2.24, 2.45) is 0 Å². The minimum Gasteiger partial charge on any atom is -0.357 e. The van der Waals surface area contributed by atoms with E-state index in [9.17, 15) is 22.8 Å². The van der Waals surface area contributed by atoms with Crippen LogP contribution in [0.2, 0.25) is 10.0 Å². The Morgan fingerprint density at radius 3 is 2.29 bits per heavy atom. The van der Waals surface area contributed by atoms with Crippen LogP contribution in [0.5, 0.6) is 0 Å². The van der Waals surface area contributed by atoms with Crippen molar-refractivity contribution in [3.63, 3.8) is 0 Å². The number of fused-ring (bicyclic) bond motifs is 1. The molecular weight excluding hydrogens is 549 g/mol. The Labute approximate surface area is 231 Å². The molecule has 3 aromatic rings. The van der Waals surface area contributed by atoms with Crippen molar-refractivity contribution >= 4 is 50.9 Å². The van der Waals surface area contributed by atoms with E-state index >= 15 is 0 Å². The highest BCUT2D eigenvalue weighted by Crippen LogP contribution is 2.30. The van der Waals surface area contributed by atoms with Gasteiger partial charge in [-0.05, 0) is 35.4 Å². The van der Waals surface area contributed by atoms with Crippen LogP contribution in [0.15, 0.2) is 77.7 Å². The third-order valence-corrected chi connectivity index (χ3v) is 8.87. The molecule has 0 saturated heterocycles. The number of rotatable bonds is 9. The van der Waals surface area contributed by atoms with E-state index in [-0.39, 0.29) is 42.3 Å². The summed E-state index contributed by atoms with van der Waals surface area (Å²) in [6, 6.07) is 19.1. The summed E-state index contributed by atoms with van der Waals surface area (Å²) in [5.41, 5.74) is 1.53. The van der Waals surface area contributed by atoms with E-state index in [1.165, 1.54) is 30.1 Å². The van der Waals surface area contributed by atoms with Crippen molar-refractivity contribution < 1.29 is 22.8 Å². The smallest absolute Gasteiger partial charge is 0.269 e. The highest BCUT2D eigenvalue weighted by molar-refractivity contribution is 7.90. The standard InChI is InChI=1S/C27H25Cl2N3O5S/c1-30-26(34)23(16-18-7-3-2-4-8-18)31(17-19-11-12-21(28)22(29)15-19)25(33)13-14-32-27(35)20-9-5-6-10-24(20)38(32,36)37/h2-12,15,23H,13-14,16-17H2,1H3,(H,30,34). The lowest BCUT2D eigenvalue weighted by molar-refractivity contribution is -0.141. The number of hydrogen-bond donors (Lipinski definition) is 1. The van der Waals surface area contributed by atoms with Gasteiger partial charge in [-0.2, -0.15) is 0 Å². The van der Waals surface area contributed by atoms with E-state index in [1.807, 2.05) is 30.3 Å². The number of nitrogens with one attached hydrogen (secondary N) is 1. The first kappa shape index (κ1) is 27.6. The van der Waals surface area contributed by atoms with Crippen LogP contribution < -0.4 is 5.32 Å². The van der Waals surface area contributed by atoms with Gasteiger partial charge in [0.2, 0.25) is 11.8 Å². The highest BCUT2D eigenvalue weighted by atomic mass is 35.5. The van der Waals surface area contributed by atoms with Gasteiger partial charge in [-0.3, -0.25) is 14.4 Å². The van der Waals surface area contributed by atoms with Crippen molar-refractivity contribution in [3.8, 4) is 0 Å². The third kappa shape index (κ3) is 5.70. The minimum atomic E-state index is -4.07. The summed E-state index contributed by atoms with van der Waals surface area (Å²) < 4.78 is 26.6. The molecule has 1 aliphatic rings. The lowest BCUT2D eigenvalue weighted by Crippen LogP contribution is -2.50. The second-order valence-electron chi connectivity index (χ2n) is 8.72. The van der Waals surface area contributed by atoms with Gasteiger partial charge >= 0.3 is 0 Å². The number of hydrogen-bond acceptors (Lipinski definition) is 5. The van der Waals surface area contributed by atoms with E-state index in [0.717, 1.165) is 5.56 Å². The first-order valence-electron chi connectivity index (χ1n) is 11.8. The number of amides is 3. The third-order valence-electron chi connectivity index (χ3n) is 6.30. The number of halogens is 2. The Bertz CT molecular complexity index is 1480. The van der Waals surface area contributed by atoms with Crippen LogP contribution in [0.25, 0.3) is 0 Å². The topological polar surface area (TPSA) is 104 Å². The van der Waals surface area contributed by atoms with E-state index in [0.29, 0.717) is 19.9 Å². The highest BCUT2D eigenvalue weighted by Gasteiger charge is 2.41. The number of benzene rings is 3. The van der Waals surface area contributed by atoms with Crippen molar-refractivity contribution in [1.82, 2.24) is 14.5 Å². The molecule has 0 aromatic heterocycles. The van der Waals surface area contributed by atoms with Crippen molar-refractivity contribution in [2.45, 2.75) is 30.3 Å². The molecule has 0 fully saturated rings. The number of sulfonamides is 1. The number of carbonyl (C=O) groups excluding carboxylic acids is 3. The van der Waals surface area contributed by atoms with E-state index in [1.54, 1.807) is 24.3 Å². The molecule has 3 aromatic carbocycles. The first-order chi connectivity index (χ1) is 18.1. The molecule has 0 radical (unpaired) electrons. The maximum absolute atomic E-state index is 13.7. The van der Waals surface area contributed by atoms with Crippen LogP contribution in [-0.4, -0.2) is 55.0 Å². The maximum atomic E-state index is 13.7. The molecule has 198 valence electrons. The van der Waals surface area contributed by atoms with Crippen LogP contribution in [0.1, 0.15) is 27.9 Å². The van der Waals surface area contributed by atoms with E-state index < -0.39 is 27.9 Å². The average Bonchev–Trinajstić information content (AvgIpc) is 3.11. The largest absolute Gasteiger partial charge is 0.357 e. The summed E-state index contributed by atoms with van der Waals surface area (Å²) in [6.45, 7) is -0.347. The van der Waals surface area contributed by atoms with Crippen molar-refractivity contribution in [1.29, 1.82) is 0 Å². The van der Waals surface area contributed by atoms with Gasteiger partial charge in [-0.1, -0.05) is 71.7 Å². The van der Waals surface area contributed by atoms with Crippen LogP contribution in [-0.2, 0) is 32.6 Å². The molecule has 11 heteroatoms. The maximum Gasteiger partial charge on any atom is 0.269 e. The first-order valence-corrected chi connectivity index (χ1v) is 14.0. The predicted molar refractivity (Wildman–Crippen MR) is 144 cm³/mol. The van der Waals surface area contributed by atoms with Gasteiger partial charge in [0.25, 0.3) is 15.9 Å². The minimum absolute atomic E-state index is 0.0154. The average molecular weight is 574 g/mol. The van der Waals surface area contributed by atoms with Gasteiger partial charge in [0.1, 0.15) is 10.9 Å². The Balaban J connectivity index is 1.63. The number of likely N-dealkylation sites (N-methyl/N-ethyl adjacent to an activating group) is 1. The van der Waals surface area contributed by atoms with Crippen LogP contribution >= 0.6 is 23.2 Å². The van der Waals surface area contributed by atoms with Crippen molar-refractivity contribution in [2.75, 3.05) is 13.6 Å². The summed E-state index contributed by atoms with van der Waals surface area (Å²) in [6.07, 6.45) is -0.0947. The summed E-state index contributed by atoms with van der Waals surface area (Å²) in [5.74, 6) is -1.57. The lowest BCUT2D eigenvalue weighted by atomic mass is 10.0. The van der Waals surface area contributed by atoms with Crippen molar-refractivity contribution in [3.05, 3.63) is 99.5 Å². The summed E-state index contributed by atoms with van der Waals surface area (Å²) in [5, 5.41) is 3.26. The van der Waals surface area contributed by atoms with E-state index in [2.05, 4.69) is 5.32 Å². The van der Waals surface area contributed by atoms with Crippen LogP contribution in [0.4, 0.5) is 0 Å². The zero-order valence-electron chi connectivity index (χ0n) is 20.4. The Morgan fingerprint density at radius 1 is 0.947 bits per heavy atom. The number of nitrogens with zero attached hydrogens (tertiary/aromatic N) is 2. The van der Waals surface area contributed by atoms with Crippen LogP contribution in [0, 0.1) is 0 Å².